The number of benzene rings is 2. The molecule has 0 aromatic heterocycles. The topological polar surface area (TPSA) is 84.7 Å². The fraction of sp³-hybridized carbons (Fsp3) is 0.235. The molecule has 2 amide bonds. The molecular formula is C17H18ClN3O4. The first kappa shape index (κ1) is 18.5. The van der Waals surface area contributed by atoms with Crippen LogP contribution in [0.5, 0.6) is 5.75 Å². The van der Waals surface area contributed by atoms with Gasteiger partial charge in [0, 0.05) is 29.4 Å². The van der Waals surface area contributed by atoms with E-state index in [4.69, 9.17) is 16.3 Å². The van der Waals surface area contributed by atoms with Crippen molar-refractivity contribution in [3.8, 4) is 5.75 Å². The van der Waals surface area contributed by atoms with Crippen LogP contribution >= 0.6 is 11.6 Å². The van der Waals surface area contributed by atoms with Crippen molar-refractivity contribution >= 4 is 29.0 Å². The summed E-state index contributed by atoms with van der Waals surface area (Å²) in [6.45, 7) is 2.30. The maximum atomic E-state index is 12.1. The van der Waals surface area contributed by atoms with Gasteiger partial charge in [0.05, 0.1) is 11.5 Å². The van der Waals surface area contributed by atoms with Crippen molar-refractivity contribution in [2.45, 2.75) is 6.92 Å². The maximum Gasteiger partial charge on any atom is 0.321 e. The van der Waals surface area contributed by atoms with Crippen LogP contribution in [0.15, 0.2) is 42.5 Å². The molecule has 0 saturated heterocycles. The molecule has 2 rings (SSSR count). The average Bonchev–Trinajstić information content (AvgIpc) is 2.58. The SMILES string of the molecule is Cc1ccc(NC(=O)N(C)CCOc2ccc(Cl)cc2)cc1[N+](=O)[O-]. The zero-order chi connectivity index (χ0) is 18.4. The molecule has 1 N–H and O–H groups in total. The Balaban J connectivity index is 1.86. The highest BCUT2D eigenvalue weighted by molar-refractivity contribution is 6.30. The van der Waals surface area contributed by atoms with E-state index in [9.17, 15) is 14.9 Å². The van der Waals surface area contributed by atoms with E-state index in [2.05, 4.69) is 5.32 Å². The number of nitrogens with one attached hydrogen (secondary N) is 1. The molecule has 0 bridgehead atoms. The molecule has 8 heteroatoms. The lowest BCUT2D eigenvalue weighted by molar-refractivity contribution is -0.385. The van der Waals surface area contributed by atoms with Gasteiger partial charge in [0.25, 0.3) is 5.69 Å². The number of aryl methyl sites for hydroxylation is 1. The van der Waals surface area contributed by atoms with Crippen LogP contribution in [-0.4, -0.2) is 36.1 Å². The number of nitro benzene ring substituents is 1. The van der Waals surface area contributed by atoms with Crippen LogP contribution in [0, 0.1) is 17.0 Å². The van der Waals surface area contributed by atoms with Crippen LogP contribution in [0.3, 0.4) is 0 Å². The second kappa shape index (κ2) is 8.34. The van der Waals surface area contributed by atoms with E-state index in [1.807, 2.05) is 0 Å². The lowest BCUT2D eigenvalue weighted by atomic mass is 10.2. The van der Waals surface area contributed by atoms with Crippen molar-refractivity contribution in [3.63, 3.8) is 0 Å². The second-order valence-corrected chi connectivity index (χ2v) is 5.85. The molecule has 0 unspecified atom stereocenters. The van der Waals surface area contributed by atoms with Gasteiger partial charge in [-0.2, -0.15) is 0 Å². The van der Waals surface area contributed by atoms with Crippen molar-refractivity contribution in [2.75, 3.05) is 25.5 Å². The molecule has 0 saturated carbocycles. The molecule has 0 radical (unpaired) electrons. The minimum absolute atomic E-state index is 0.0356. The number of urea groups is 1. The summed E-state index contributed by atoms with van der Waals surface area (Å²) in [6.07, 6.45) is 0. The van der Waals surface area contributed by atoms with Gasteiger partial charge in [0.1, 0.15) is 12.4 Å². The van der Waals surface area contributed by atoms with Gasteiger partial charge < -0.3 is 15.0 Å². The Labute approximate surface area is 150 Å². The minimum Gasteiger partial charge on any atom is -0.492 e. The molecule has 7 nitrogen and oxygen atoms in total. The molecule has 0 spiro atoms. The van der Waals surface area contributed by atoms with Crippen molar-refractivity contribution in [1.82, 2.24) is 4.90 Å². The summed E-state index contributed by atoms with van der Waals surface area (Å²) in [4.78, 5) is 24.0. The van der Waals surface area contributed by atoms with Crippen LogP contribution < -0.4 is 10.1 Å². The second-order valence-electron chi connectivity index (χ2n) is 5.41. The van der Waals surface area contributed by atoms with Gasteiger partial charge >= 0.3 is 6.03 Å². The molecule has 0 aliphatic rings. The predicted molar refractivity (Wildman–Crippen MR) is 96.4 cm³/mol. The number of carbonyl (C=O) groups is 1. The molecule has 0 heterocycles. The highest BCUT2D eigenvalue weighted by Gasteiger charge is 2.14. The Hall–Kier alpha value is -2.80. The van der Waals surface area contributed by atoms with Gasteiger partial charge in [0.2, 0.25) is 0 Å². The Morgan fingerprint density at radius 1 is 1.28 bits per heavy atom. The van der Waals surface area contributed by atoms with Gasteiger partial charge in [-0.1, -0.05) is 17.7 Å². The van der Waals surface area contributed by atoms with Crippen molar-refractivity contribution < 1.29 is 14.5 Å². The van der Waals surface area contributed by atoms with Gasteiger partial charge in [-0.05, 0) is 37.3 Å². The first-order valence-electron chi connectivity index (χ1n) is 7.52. The summed E-state index contributed by atoms with van der Waals surface area (Å²) in [7, 11) is 1.61. The number of nitro groups is 1. The molecular weight excluding hydrogens is 346 g/mol. The number of halogens is 1. The van der Waals surface area contributed by atoms with Gasteiger partial charge in [-0.3, -0.25) is 10.1 Å². The van der Waals surface area contributed by atoms with E-state index in [1.165, 1.54) is 11.0 Å². The van der Waals surface area contributed by atoms with E-state index >= 15 is 0 Å². The molecule has 0 aliphatic carbocycles. The van der Waals surface area contributed by atoms with E-state index in [1.54, 1.807) is 50.4 Å². The summed E-state index contributed by atoms with van der Waals surface area (Å²) < 4.78 is 5.53. The van der Waals surface area contributed by atoms with Crippen LogP contribution in [0.4, 0.5) is 16.2 Å². The highest BCUT2D eigenvalue weighted by atomic mass is 35.5. The van der Waals surface area contributed by atoms with Crippen molar-refractivity contribution in [3.05, 3.63) is 63.2 Å². The Morgan fingerprint density at radius 2 is 1.96 bits per heavy atom. The number of ether oxygens (including phenoxy) is 1. The Kier molecular flexibility index (Phi) is 6.19. The van der Waals surface area contributed by atoms with Crippen LogP contribution in [0.25, 0.3) is 0 Å². The summed E-state index contributed by atoms with van der Waals surface area (Å²) in [5.41, 5.74) is 0.868. The fourth-order valence-electron chi connectivity index (χ4n) is 2.04. The Bertz CT molecular complexity index is 765. The normalized spacial score (nSPS) is 10.2. The smallest absolute Gasteiger partial charge is 0.321 e. The molecule has 25 heavy (non-hydrogen) atoms. The quantitative estimate of drug-likeness (QED) is 0.618. The predicted octanol–water partition coefficient (Wildman–Crippen LogP) is 4.10. The molecule has 132 valence electrons. The van der Waals surface area contributed by atoms with E-state index in [0.29, 0.717) is 35.2 Å². The summed E-state index contributed by atoms with van der Waals surface area (Å²) in [6, 6.07) is 11.1. The lowest BCUT2D eigenvalue weighted by Crippen LogP contribution is -2.34. The highest BCUT2D eigenvalue weighted by Crippen LogP contribution is 2.22. The maximum absolute atomic E-state index is 12.1. The monoisotopic (exact) mass is 363 g/mol. The fourth-order valence-corrected chi connectivity index (χ4v) is 2.16. The standard InChI is InChI=1S/C17H18ClN3O4/c1-12-3-6-14(11-16(12)21(23)24)19-17(22)20(2)9-10-25-15-7-4-13(18)5-8-15/h3-8,11H,9-10H2,1-2H3,(H,19,22). The van der Waals surface area contributed by atoms with E-state index < -0.39 is 4.92 Å². The van der Waals surface area contributed by atoms with E-state index in [-0.39, 0.29) is 11.7 Å². The van der Waals surface area contributed by atoms with Gasteiger partial charge in [-0.25, -0.2) is 4.79 Å². The number of likely N-dealkylation sites (N-methyl/N-ethyl adjacent to an activating group) is 1. The zero-order valence-electron chi connectivity index (χ0n) is 13.9. The zero-order valence-corrected chi connectivity index (χ0v) is 14.6. The van der Waals surface area contributed by atoms with Crippen LogP contribution in [-0.2, 0) is 0 Å². The third kappa shape index (κ3) is 5.36. The summed E-state index contributed by atoms with van der Waals surface area (Å²) >= 11 is 5.80. The summed E-state index contributed by atoms with van der Waals surface area (Å²) in [5, 5.41) is 14.2. The first-order valence-corrected chi connectivity index (χ1v) is 7.90. The third-order valence-corrected chi connectivity index (χ3v) is 3.76. The minimum atomic E-state index is -0.478. The molecule has 0 atom stereocenters. The number of hydrogen-bond acceptors (Lipinski definition) is 4. The number of carbonyl (C=O) groups excluding carboxylic acids is 1. The summed E-state index contributed by atoms with van der Waals surface area (Å²) in [5.74, 6) is 0.660. The largest absolute Gasteiger partial charge is 0.492 e. The molecule has 2 aromatic rings. The van der Waals surface area contributed by atoms with Gasteiger partial charge in [0.15, 0.2) is 0 Å². The molecule has 0 aliphatic heterocycles. The lowest BCUT2D eigenvalue weighted by Gasteiger charge is -2.18. The first-order chi connectivity index (χ1) is 11.9. The van der Waals surface area contributed by atoms with Gasteiger partial charge in [-0.15, -0.1) is 0 Å². The van der Waals surface area contributed by atoms with Crippen LogP contribution in [0.2, 0.25) is 5.02 Å². The molecule has 2 aromatic carbocycles. The number of rotatable bonds is 6. The number of anilines is 1. The van der Waals surface area contributed by atoms with E-state index in [0.717, 1.165) is 0 Å². The van der Waals surface area contributed by atoms with Crippen molar-refractivity contribution in [2.24, 2.45) is 0 Å². The Morgan fingerprint density at radius 3 is 2.60 bits per heavy atom. The number of hydrogen-bond donors (Lipinski definition) is 1. The third-order valence-electron chi connectivity index (χ3n) is 3.51. The molecule has 0 fully saturated rings. The number of amides is 2. The van der Waals surface area contributed by atoms with Crippen molar-refractivity contribution in [1.29, 1.82) is 0 Å². The number of nitrogens with zero attached hydrogens (tertiary/aromatic N) is 2. The van der Waals surface area contributed by atoms with Crippen LogP contribution in [0.1, 0.15) is 5.56 Å². The average molecular weight is 364 g/mol.